The minimum atomic E-state index is 0.809. The van der Waals surface area contributed by atoms with E-state index in [0.717, 1.165) is 32.2 Å². The predicted molar refractivity (Wildman–Crippen MR) is 44.3 cm³/mol. The van der Waals surface area contributed by atoms with Gasteiger partial charge in [-0.1, -0.05) is 6.08 Å². The molecule has 0 aromatic heterocycles. The number of allylic oxidation sites excluding steroid dienone is 1. The second kappa shape index (κ2) is 5.19. The maximum atomic E-state index is 5.18. The highest BCUT2D eigenvalue weighted by atomic mass is 16.5. The molecule has 1 aliphatic heterocycles. The van der Waals surface area contributed by atoms with Gasteiger partial charge in [-0.15, -0.1) is 0 Å². The molecule has 0 aliphatic carbocycles. The fourth-order valence-electron chi connectivity index (χ4n) is 1.07. The molecule has 0 radical (unpaired) electrons. The molecule has 0 amide bonds. The van der Waals surface area contributed by atoms with E-state index in [0.29, 0.717) is 0 Å². The number of hydrogen-bond acceptors (Lipinski definition) is 2. The van der Waals surface area contributed by atoms with Crippen molar-refractivity contribution in [3.63, 3.8) is 0 Å². The molecule has 1 fully saturated rings. The minimum Gasteiger partial charge on any atom is -0.502 e. The zero-order valence-corrected chi connectivity index (χ0v) is 7.08. The topological polar surface area (TPSA) is 18.5 Å². The molecule has 11 heavy (non-hydrogen) atoms. The van der Waals surface area contributed by atoms with Gasteiger partial charge in [0, 0.05) is 5.92 Å². The Morgan fingerprint density at radius 1 is 1.55 bits per heavy atom. The van der Waals surface area contributed by atoms with E-state index in [2.05, 4.69) is 0 Å². The van der Waals surface area contributed by atoms with Gasteiger partial charge >= 0.3 is 0 Å². The summed E-state index contributed by atoms with van der Waals surface area (Å²) in [6.45, 7) is 4.73. The fraction of sp³-hybridized carbons (Fsp3) is 0.778. The Morgan fingerprint density at radius 2 is 2.36 bits per heavy atom. The van der Waals surface area contributed by atoms with Gasteiger partial charge in [0.15, 0.2) is 0 Å². The second-order valence-corrected chi connectivity index (χ2v) is 2.89. The maximum Gasteiger partial charge on any atom is 0.0873 e. The first-order valence-corrected chi connectivity index (χ1v) is 4.24. The van der Waals surface area contributed by atoms with Crippen LogP contribution in [-0.2, 0) is 9.47 Å². The summed E-state index contributed by atoms with van der Waals surface area (Å²) in [6.07, 6.45) is 6.06. The van der Waals surface area contributed by atoms with Crippen molar-refractivity contribution < 1.29 is 9.47 Å². The van der Waals surface area contributed by atoms with Crippen LogP contribution in [0.3, 0.4) is 0 Å². The summed E-state index contributed by atoms with van der Waals surface area (Å²) in [5.74, 6) is 0.809. The maximum absolute atomic E-state index is 5.18. The number of hydrogen-bond donors (Lipinski definition) is 0. The average molecular weight is 156 g/mol. The molecule has 64 valence electrons. The van der Waals surface area contributed by atoms with E-state index in [-0.39, 0.29) is 0 Å². The quantitative estimate of drug-likeness (QED) is 0.447. The Morgan fingerprint density at radius 3 is 2.91 bits per heavy atom. The van der Waals surface area contributed by atoms with E-state index < -0.39 is 0 Å². The lowest BCUT2D eigenvalue weighted by atomic mass is 10.0. The van der Waals surface area contributed by atoms with Gasteiger partial charge in [0.25, 0.3) is 0 Å². The van der Waals surface area contributed by atoms with Crippen LogP contribution in [0.15, 0.2) is 12.3 Å². The lowest BCUT2D eigenvalue weighted by molar-refractivity contribution is -0.0378. The summed E-state index contributed by atoms with van der Waals surface area (Å²) in [4.78, 5) is 0. The van der Waals surface area contributed by atoms with Crippen molar-refractivity contribution in [2.45, 2.75) is 19.8 Å². The summed E-state index contributed by atoms with van der Waals surface area (Å²) in [5.41, 5.74) is 0. The Kier molecular flexibility index (Phi) is 4.06. The first-order valence-electron chi connectivity index (χ1n) is 4.24. The molecule has 0 spiro atoms. The van der Waals surface area contributed by atoms with Crippen LogP contribution in [0.2, 0.25) is 0 Å². The molecule has 0 N–H and O–H groups in total. The molecule has 0 unspecified atom stereocenters. The molecule has 0 saturated carbocycles. The molecule has 1 saturated heterocycles. The van der Waals surface area contributed by atoms with Crippen LogP contribution in [-0.4, -0.2) is 19.8 Å². The van der Waals surface area contributed by atoms with Crippen molar-refractivity contribution >= 4 is 0 Å². The number of rotatable bonds is 5. The molecule has 2 heteroatoms. The van der Waals surface area contributed by atoms with Gasteiger partial charge in [0.2, 0.25) is 0 Å². The highest BCUT2D eigenvalue weighted by Crippen LogP contribution is 2.15. The summed E-state index contributed by atoms with van der Waals surface area (Å²) in [7, 11) is 0. The van der Waals surface area contributed by atoms with Crippen LogP contribution in [0.4, 0.5) is 0 Å². The average Bonchev–Trinajstić information content (AvgIpc) is 1.93. The van der Waals surface area contributed by atoms with Crippen LogP contribution >= 0.6 is 0 Å². The molecule has 1 aliphatic rings. The summed E-state index contributed by atoms with van der Waals surface area (Å²) >= 11 is 0. The van der Waals surface area contributed by atoms with Gasteiger partial charge in [0.05, 0.1) is 26.1 Å². The minimum absolute atomic E-state index is 0.809. The van der Waals surface area contributed by atoms with Crippen LogP contribution in [0.1, 0.15) is 19.8 Å². The van der Waals surface area contributed by atoms with E-state index in [1.54, 1.807) is 6.26 Å². The molecule has 0 bridgehead atoms. The normalized spacial score (nSPS) is 18.6. The highest BCUT2D eigenvalue weighted by Gasteiger charge is 2.16. The SMILES string of the molecule is C/C=C/OCCCC1COC1. The lowest BCUT2D eigenvalue weighted by Crippen LogP contribution is -2.27. The smallest absolute Gasteiger partial charge is 0.0873 e. The van der Waals surface area contributed by atoms with Gasteiger partial charge in [-0.05, 0) is 19.8 Å². The lowest BCUT2D eigenvalue weighted by Gasteiger charge is -2.25. The van der Waals surface area contributed by atoms with Crippen molar-refractivity contribution in [1.29, 1.82) is 0 Å². The molecule has 2 nitrogen and oxygen atoms in total. The second-order valence-electron chi connectivity index (χ2n) is 2.89. The third kappa shape index (κ3) is 3.42. The van der Waals surface area contributed by atoms with Crippen molar-refractivity contribution in [3.05, 3.63) is 12.3 Å². The zero-order valence-electron chi connectivity index (χ0n) is 7.08. The van der Waals surface area contributed by atoms with E-state index in [1.807, 2.05) is 13.0 Å². The Labute approximate surface area is 68.2 Å². The highest BCUT2D eigenvalue weighted by molar-refractivity contribution is 4.67. The first-order chi connectivity index (χ1) is 5.43. The van der Waals surface area contributed by atoms with Crippen LogP contribution in [0.25, 0.3) is 0 Å². The largest absolute Gasteiger partial charge is 0.502 e. The van der Waals surface area contributed by atoms with Crippen molar-refractivity contribution in [3.8, 4) is 0 Å². The molecule has 1 rings (SSSR count). The Hall–Kier alpha value is -0.500. The number of ether oxygens (including phenoxy) is 2. The third-order valence-electron chi connectivity index (χ3n) is 1.81. The first kappa shape index (κ1) is 8.60. The Balaban J connectivity index is 1.80. The van der Waals surface area contributed by atoms with E-state index in [4.69, 9.17) is 9.47 Å². The molecule has 0 atom stereocenters. The summed E-state index contributed by atoms with van der Waals surface area (Å²) < 4.78 is 10.2. The van der Waals surface area contributed by atoms with Gasteiger partial charge in [-0.2, -0.15) is 0 Å². The molecular formula is C9H16O2. The molecular weight excluding hydrogens is 140 g/mol. The van der Waals surface area contributed by atoms with Gasteiger partial charge < -0.3 is 9.47 Å². The molecule has 0 aromatic carbocycles. The fourth-order valence-corrected chi connectivity index (χ4v) is 1.07. The third-order valence-corrected chi connectivity index (χ3v) is 1.81. The monoisotopic (exact) mass is 156 g/mol. The van der Waals surface area contributed by atoms with Crippen LogP contribution < -0.4 is 0 Å². The summed E-state index contributed by atoms with van der Waals surface area (Å²) in [5, 5.41) is 0. The predicted octanol–water partition coefficient (Wildman–Crippen LogP) is 1.96. The van der Waals surface area contributed by atoms with Gasteiger partial charge in [0.1, 0.15) is 0 Å². The summed E-state index contributed by atoms with van der Waals surface area (Å²) in [6, 6.07) is 0. The zero-order chi connectivity index (χ0) is 7.94. The Bertz CT molecular complexity index is 117. The standard InChI is InChI=1S/C9H16O2/c1-2-5-10-6-3-4-9-7-11-8-9/h2,5,9H,3-4,6-8H2,1H3/b5-2+. The van der Waals surface area contributed by atoms with E-state index in [9.17, 15) is 0 Å². The molecule has 1 heterocycles. The van der Waals surface area contributed by atoms with Gasteiger partial charge in [-0.25, -0.2) is 0 Å². The van der Waals surface area contributed by atoms with Crippen LogP contribution in [0, 0.1) is 5.92 Å². The van der Waals surface area contributed by atoms with E-state index in [1.165, 1.54) is 6.42 Å². The van der Waals surface area contributed by atoms with Crippen molar-refractivity contribution in [1.82, 2.24) is 0 Å². The van der Waals surface area contributed by atoms with Gasteiger partial charge in [-0.3, -0.25) is 0 Å². The molecule has 0 aromatic rings. The van der Waals surface area contributed by atoms with E-state index >= 15 is 0 Å². The van der Waals surface area contributed by atoms with Crippen LogP contribution in [0.5, 0.6) is 0 Å². The van der Waals surface area contributed by atoms with Crippen molar-refractivity contribution in [2.75, 3.05) is 19.8 Å². The van der Waals surface area contributed by atoms with Crippen molar-refractivity contribution in [2.24, 2.45) is 5.92 Å².